The Morgan fingerprint density at radius 3 is 2.70 bits per heavy atom. The summed E-state index contributed by atoms with van der Waals surface area (Å²) in [5, 5.41) is 4.64. The number of rotatable bonds is 10. The molecule has 1 aromatic heterocycles. The van der Waals surface area contributed by atoms with Crippen molar-refractivity contribution in [3.05, 3.63) is 71.1 Å². The minimum atomic E-state index is -0.0470. The highest BCUT2D eigenvalue weighted by Gasteiger charge is 2.17. The van der Waals surface area contributed by atoms with Crippen LogP contribution in [-0.4, -0.2) is 40.6 Å². The second-order valence-electron chi connectivity index (χ2n) is 7.48. The Hall–Kier alpha value is -2.70. The fourth-order valence-corrected chi connectivity index (χ4v) is 3.20. The third kappa shape index (κ3) is 6.68. The summed E-state index contributed by atoms with van der Waals surface area (Å²) in [6.07, 6.45) is 0.477. The van der Waals surface area contributed by atoms with Gasteiger partial charge in [0.15, 0.2) is 0 Å². The molecule has 0 saturated carbocycles. The molecule has 0 aliphatic rings. The number of hydrogen-bond donors (Lipinski definition) is 0. The van der Waals surface area contributed by atoms with Crippen molar-refractivity contribution in [2.24, 2.45) is 5.92 Å². The Kier molecular flexibility index (Phi) is 7.99. The number of halogens is 1. The van der Waals surface area contributed by atoms with E-state index in [4.69, 9.17) is 20.9 Å². The molecule has 0 aliphatic heterocycles. The molecule has 0 unspecified atom stereocenters. The second-order valence-corrected chi connectivity index (χ2v) is 7.92. The van der Waals surface area contributed by atoms with E-state index in [1.165, 1.54) is 0 Å². The van der Waals surface area contributed by atoms with E-state index in [2.05, 4.69) is 24.0 Å². The molecule has 0 radical (unpaired) electrons. The first-order chi connectivity index (χ1) is 14.5. The van der Waals surface area contributed by atoms with E-state index in [0.717, 1.165) is 11.1 Å². The van der Waals surface area contributed by atoms with Gasteiger partial charge in [-0.2, -0.15) is 4.98 Å². The van der Waals surface area contributed by atoms with E-state index in [-0.39, 0.29) is 12.5 Å². The van der Waals surface area contributed by atoms with Gasteiger partial charge >= 0.3 is 0 Å². The van der Waals surface area contributed by atoms with Crippen molar-refractivity contribution >= 4 is 17.5 Å². The summed E-state index contributed by atoms with van der Waals surface area (Å²) in [4.78, 5) is 18.9. The van der Waals surface area contributed by atoms with Crippen molar-refractivity contribution in [3.8, 4) is 11.4 Å². The Labute approximate surface area is 181 Å². The first-order valence-electron chi connectivity index (χ1n) is 9.99. The maximum absolute atomic E-state index is 12.7. The number of benzene rings is 2. The van der Waals surface area contributed by atoms with E-state index in [1.54, 1.807) is 17.0 Å². The standard InChI is InChI=1S/C23H26ClN3O3/c1-17(2)14-27(22(28)16-29-15-18-7-4-3-5-8-18)12-11-21-25-23(26-30-21)19-9-6-10-20(24)13-19/h3-10,13,17H,11-12,14-16H2,1-2H3. The third-order valence-corrected chi connectivity index (χ3v) is 4.66. The van der Waals surface area contributed by atoms with Crippen LogP contribution in [0.4, 0.5) is 0 Å². The maximum atomic E-state index is 12.7. The summed E-state index contributed by atoms with van der Waals surface area (Å²) in [7, 11) is 0. The van der Waals surface area contributed by atoms with Crippen LogP contribution >= 0.6 is 11.6 Å². The highest BCUT2D eigenvalue weighted by Crippen LogP contribution is 2.20. The molecule has 2 aromatic carbocycles. The van der Waals surface area contributed by atoms with E-state index in [9.17, 15) is 4.79 Å². The van der Waals surface area contributed by atoms with Gasteiger partial charge in [-0.25, -0.2) is 0 Å². The first kappa shape index (κ1) is 22.0. The Morgan fingerprint density at radius 1 is 1.17 bits per heavy atom. The number of hydrogen-bond acceptors (Lipinski definition) is 5. The minimum absolute atomic E-state index is 0.0409. The van der Waals surface area contributed by atoms with E-state index < -0.39 is 0 Å². The van der Waals surface area contributed by atoms with Crippen molar-refractivity contribution in [1.29, 1.82) is 0 Å². The van der Waals surface area contributed by atoms with Crippen LogP contribution < -0.4 is 0 Å². The first-order valence-corrected chi connectivity index (χ1v) is 10.4. The van der Waals surface area contributed by atoms with E-state index in [0.29, 0.717) is 48.8 Å². The summed E-state index contributed by atoms with van der Waals surface area (Å²) < 4.78 is 11.0. The average molecular weight is 428 g/mol. The molecule has 0 aliphatic carbocycles. The van der Waals surface area contributed by atoms with Crippen LogP contribution in [0.3, 0.4) is 0 Å². The zero-order valence-corrected chi connectivity index (χ0v) is 18.0. The molecular formula is C23H26ClN3O3. The number of amides is 1. The summed E-state index contributed by atoms with van der Waals surface area (Å²) in [5.74, 6) is 1.26. The lowest BCUT2D eigenvalue weighted by atomic mass is 10.2. The predicted octanol–water partition coefficient (Wildman–Crippen LogP) is 4.63. The number of nitrogens with zero attached hydrogens (tertiary/aromatic N) is 3. The molecule has 0 spiro atoms. The molecule has 0 saturated heterocycles. The highest BCUT2D eigenvalue weighted by molar-refractivity contribution is 6.30. The van der Waals surface area contributed by atoms with Crippen LogP contribution in [0.1, 0.15) is 25.3 Å². The summed E-state index contributed by atoms with van der Waals surface area (Å²) in [6.45, 7) is 5.74. The second kappa shape index (κ2) is 10.9. The number of aromatic nitrogens is 2. The average Bonchev–Trinajstić information content (AvgIpc) is 3.20. The van der Waals surface area contributed by atoms with Gasteiger partial charge in [-0.1, -0.05) is 73.1 Å². The SMILES string of the molecule is CC(C)CN(CCc1nc(-c2cccc(Cl)c2)no1)C(=O)COCc1ccccc1. The monoisotopic (exact) mass is 427 g/mol. The van der Waals surface area contributed by atoms with E-state index in [1.807, 2.05) is 42.5 Å². The number of ether oxygens (including phenoxy) is 1. The molecule has 7 heteroatoms. The lowest BCUT2D eigenvalue weighted by molar-refractivity contribution is -0.137. The molecule has 30 heavy (non-hydrogen) atoms. The Bertz CT molecular complexity index is 944. The predicted molar refractivity (Wildman–Crippen MR) is 116 cm³/mol. The van der Waals surface area contributed by atoms with Crippen molar-refractivity contribution in [2.45, 2.75) is 26.9 Å². The molecule has 1 amide bonds. The normalized spacial score (nSPS) is 11.1. The summed E-state index contributed by atoms with van der Waals surface area (Å²) >= 11 is 6.03. The van der Waals surface area contributed by atoms with Gasteiger partial charge in [0.25, 0.3) is 0 Å². The summed E-state index contributed by atoms with van der Waals surface area (Å²) in [5.41, 5.74) is 1.84. The fraction of sp³-hybridized carbons (Fsp3) is 0.348. The molecule has 0 atom stereocenters. The number of carbonyl (C=O) groups excluding carboxylic acids is 1. The molecule has 3 aromatic rings. The van der Waals surface area contributed by atoms with Crippen LogP contribution in [-0.2, 0) is 22.6 Å². The largest absolute Gasteiger partial charge is 0.367 e. The highest BCUT2D eigenvalue weighted by atomic mass is 35.5. The van der Waals surface area contributed by atoms with Crippen LogP contribution in [0.2, 0.25) is 5.02 Å². The van der Waals surface area contributed by atoms with Gasteiger partial charge < -0.3 is 14.2 Å². The molecule has 0 bridgehead atoms. The molecule has 3 rings (SSSR count). The molecule has 158 valence electrons. The maximum Gasteiger partial charge on any atom is 0.248 e. The molecule has 1 heterocycles. The van der Waals surface area contributed by atoms with Crippen LogP contribution in [0, 0.1) is 5.92 Å². The molecule has 6 nitrogen and oxygen atoms in total. The fourth-order valence-electron chi connectivity index (χ4n) is 3.01. The third-order valence-electron chi connectivity index (χ3n) is 4.42. The zero-order chi connectivity index (χ0) is 21.3. The van der Waals surface area contributed by atoms with Crippen LogP contribution in [0.25, 0.3) is 11.4 Å². The molecular weight excluding hydrogens is 402 g/mol. The van der Waals surface area contributed by atoms with Gasteiger partial charge in [0, 0.05) is 30.1 Å². The van der Waals surface area contributed by atoms with Gasteiger partial charge in [-0.3, -0.25) is 4.79 Å². The molecule has 0 N–H and O–H groups in total. The van der Waals surface area contributed by atoms with Crippen molar-refractivity contribution in [2.75, 3.05) is 19.7 Å². The van der Waals surface area contributed by atoms with Crippen molar-refractivity contribution < 1.29 is 14.1 Å². The molecule has 0 fully saturated rings. The van der Waals surface area contributed by atoms with Gasteiger partial charge in [0.1, 0.15) is 6.61 Å². The Morgan fingerprint density at radius 2 is 1.97 bits per heavy atom. The van der Waals surface area contributed by atoms with Crippen LogP contribution in [0.5, 0.6) is 0 Å². The van der Waals surface area contributed by atoms with Gasteiger partial charge in [0.2, 0.25) is 17.6 Å². The van der Waals surface area contributed by atoms with Crippen molar-refractivity contribution in [3.63, 3.8) is 0 Å². The zero-order valence-electron chi connectivity index (χ0n) is 17.3. The van der Waals surface area contributed by atoms with Crippen molar-refractivity contribution in [1.82, 2.24) is 15.0 Å². The summed E-state index contributed by atoms with van der Waals surface area (Å²) in [6, 6.07) is 17.1. The minimum Gasteiger partial charge on any atom is -0.367 e. The quantitative estimate of drug-likeness (QED) is 0.471. The van der Waals surface area contributed by atoms with Gasteiger partial charge in [0.05, 0.1) is 6.61 Å². The van der Waals surface area contributed by atoms with E-state index >= 15 is 0 Å². The lowest BCUT2D eigenvalue weighted by Gasteiger charge is -2.24. The van der Waals surface area contributed by atoms with Crippen LogP contribution in [0.15, 0.2) is 59.1 Å². The topological polar surface area (TPSA) is 68.5 Å². The Balaban J connectivity index is 1.55. The van der Waals surface area contributed by atoms with Gasteiger partial charge in [-0.15, -0.1) is 0 Å². The lowest BCUT2D eigenvalue weighted by Crippen LogP contribution is -2.38. The smallest absolute Gasteiger partial charge is 0.248 e. The number of carbonyl (C=O) groups is 1. The van der Waals surface area contributed by atoms with Gasteiger partial charge in [-0.05, 0) is 23.6 Å².